The van der Waals surface area contributed by atoms with E-state index in [-0.39, 0.29) is 11.3 Å². The van der Waals surface area contributed by atoms with Gasteiger partial charge in [-0.2, -0.15) is 0 Å². The normalized spacial score (nSPS) is 15.0. The van der Waals surface area contributed by atoms with Crippen LogP contribution in [0.25, 0.3) is 5.57 Å². The minimum absolute atomic E-state index is 0.0597. The zero-order valence-corrected chi connectivity index (χ0v) is 16.6. The van der Waals surface area contributed by atoms with Crippen LogP contribution in [0.2, 0.25) is 0 Å². The number of amides is 1. The van der Waals surface area contributed by atoms with Crippen LogP contribution in [0.5, 0.6) is 0 Å². The van der Waals surface area contributed by atoms with Crippen molar-refractivity contribution in [3.05, 3.63) is 100 Å². The summed E-state index contributed by atoms with van der Waals surface area (Å²) >= 11 is 0. The highest BCUT2D eigenvalue weighted by Gasteiger charge is 2.39. The first kappa shape index (κ1) is 19.8. The Kier molecular flexibility index (Phi) is 4.87. The highest BCUT2D eigenvalue weighted by molar-refractivity contribution is 7.97. The lowest BCUT2D eigenvalue weighted by molar-refractivity contribution is -0.112. The molecule has 5 nitrogen and oxygen atoms in total. The van der Waals surface area contributed by atoms with Gasteiger partial charge in [0.1, 0.15) is 0 Å². The predicted octanol–water partition coefficient (Wildman–Crippen LogP) is 4.14. The van der Waals surface area contributed by atoms with Crippen molar-refractivity contribution in [1.29, 1.82) is 0 Å². The molecule has 0 saturated heterocycles. The third-order valence-corrected chi connectivity index (χ3v) is 6.63. The number of halogens is 2. The molecule has 0 radical (unpaired) electrons. The molecule has 1 aliphatic rings. The fourth-order valence-corrected chi connectivity index (χ4v) is 4.82. The van der Waals surface area contributed by atoms with E-state index in [1.54, 1.807) is 54.6 Å². The van der Waals surface area contributed by atoms with Crippen LogP contribution in [0.3, 0.4) is 0 Å². The number of carbonyl (C=O) groups is 1. The van der Waals surface area contributed by atoms with Gasteiger partial charge in [-0.25, -0.2) is 17.2 Å². The van der Waals surface area contributed by atoms with E-state index < -0.39 is 32.5 Å². The van der Waals surface area contributed by atoms with E-state index >= 15 is 0 Å². The first-order valence-electron chi connectivity index (χ1n) is 8.95. The van der Waals surface area contributed by atoms with E-state index in [1.807, 2.05) is 0 Å². The molecule has 0 bridgehead atoms. The average molecular weight is 426 g/mol. The molecule has 0 atom stereocenters. The maximum absolute atomic E-state index is 13.6. The monoisotopic (exact) mass is 426 g/mol. The summed E-state index contributed by atoms with van der Waals surface area (Å²) in [6.07, 6.45) is 0. The van der Waals surface area contributed by atoms with Crippen molar-refractivity contribution in [2.75, 3.05) is 16.7 Å². The van der Waals surface area contributed by atoms with Gasteiger partial charge < -0.3 is 5.32 Å². The summed E-state index contributed by atoms with van der Waals surface area (Å²) in [6.45, 7) is 0. The second-order valence-electron chi connectivity index (χ2n) is 6.64. The Labute approximate surface area is 172 Å². The number of para-hydroxylation sites is 1. The fourth-order valence-electron chi connectivity index (χ4n) is 3.36. The molecule has 1 aliphatic heterocycles. The van der Waals surface area contributed by atoms with E-state index in [2.05, 4.69) is 5.32 Å². The van der Waals surface area contributed by atoms with Crippen LogP contribution in [0.4, 0.5) is 20.2 Å². The zero-order valence-electron chi connectivity index (χ0n) is 15.8. The summed E-state index contributed by atoms with van der Waals surface area (Å²) in [6, 6.07) is 18.3. The van der Waals surface area contributed by atoms with Crippen molar-refractivity contribution >= 4 is 32.9 Å². The van der Waals surface area contributed by atoms with E-state index in [9.17, 15) is 22.0 Å². The van der Waals surface area contributed by atoms with E-state index in [0.717, 1.165) is 22.5 Å². The minimum Gasteiger partial charge on any atom is -0.321 e. The maximum atomic E-state index is 13.6. The summed E-state index contributed by atoms with van der Waals surface area (Å²) in [5.41, 5.74) is 1.72. The van der Waals surface area contributed by atoms with Gasteiger partial charge in [-0.05, 0) is 23.8 Å². The number of fused-ring (bicyclic) bond motifs is 1. The van der Waals surface area contributed by atoms with Gasteiger partial charge in [-0.15, -0.1) is 0 Å². The standard InChI is InChI=1S/C22H16F2N2O3S/c1-26-19-10-6-5-9-16(19)20(14-7-3-2-4-8-14)21(30(26,28)29)22(27)25-15-11-12-17(23)18(24)13-15/h2-13H,1H3,(H,25,27). The first-order valence-corrected chi connectivity index (χ1v) is 10.4. The lowest BCUT2D eigenvalue weighted by atomic mass is 9.95. The van der Waals surface area contributed by atoms with Gasteiger partial charge in [-0.1, -0.05) is 48.5 Å². The quantitative estimate of drug-likeness (QED) is 0.685. The van der Waals surface area contributed by atoms with Crippen LogP contribution in [0.15, 0.2) is 77.7 Å². The molecule has 4 rings (SSSR count). The zero-order chi connectivity index (χ0) is 21.5. The molecule has 0 aromatic heterocycles. The molecule has 0 spiro atoms. The van der Waals surface area contributed by atoms with Crippen LogP contribution in [0, 0.1) is 11.6 Å². The van der Waals surface area contributed by atoms with Crippen LogP contribution in [0.1, 0.15) is 11.1 Å². The number of nitrogens with zero attached hydrogens (tertiary/aromatic N) is 1. The second-order valence-corrected chi connectivity index (χ2v) is 8.55. The number of benzene rings is 3. The van der Waals surface area contributed by atoms with Gasteiger partial charge in [0.25, 0.3) is 15.9 Å². The van der Waals surface area contributed by atoms with Gasteiger partial charge in [0.15, 0.2) is 16.5 Å². The van der Waals surface area contributed by atoms with Crippen LogP contribution >= 0.6 is 0 Å². The predicted molar refractivity (Wildman–Crippen MR) is 111 cm³/mol. The van der Waals surface area contributed by atoms with Gasteiger partial charge in [0, 0.05) is 29.9 Å². The molecule has 0 saturated carbocycles. The summed E-state index contributed by atoms with van der Waals surface area (Å²) in [5.74, 6) is -3.17. The van der Waals surface area contributed by atoms with Crippen molar-refractivity contribution < 1.29 is 22.0 Å². The molecule has 8 heteroatoms. The van der Waals surface area contributed by atoms with Crippen molar-refractivity contribution in [2.45, 2.75) is 0 Å². The van der Waals surface area contributed by atoms with Crippen molar-refractivity contribution in [3.8, 4) is 0 Å². The molecular formula is C22H16F2N2O3S. The van der Waals surface area contributed by atoms with E-state index in [4.69, 9.17) is 0 Å². The number of hydrogen-bond acceptors (Lipinski definition) is 3. The number of rotatable bonds is 3. The molecule has 3 aromatic carbocycles. The van der Waals surface area contributed by atoms with Crippen molar-refractivity contribution in [1.82, 2.24) is 0 Å². The Morgan fingerprint density at radius 2 is 1.57 bits per heavy atom. The smallest absolute Gasteiger partial charge is 0.270 e. The number of hydrogen-bond donors (Lipinski definition) is 1. The molecule has 152 valence electrons. The number of nitrogens with one attached hydrogen (secondary N) is 1. The van der Waals surface area contributed by atoms with Crippen LogP contribution < -0.4 is 9.62 Å². The van der Waals surface area contributed by atoms with Crippen molar-refractivity contribution in [2.24, 2.45) is 0 Å². The maximum Gasteiger partial charge on any atom is 0.270 e. The molecule has 1 heterocycles. The lowest BCUT2D eigenvalue weighted by Gasteiger charge is -2.30. The Bertz CT molecular complexity index is 1290. The largest absolute Gasteiger partial charge is 0.321 e. The fraction of sp³-hybridized carbons (Fsp3) is 0.0455. The van der Waals surface area contributed by atoms with Crippen LogP contribution in [-0.2, 0) is 14.8 Å². The summed E-state index contributed by atoms with van der Waals surface area (Å²) in [5, 5.41) is 2.38. The van der Waals surface area contributed by atoms with Gasteiger partial charge in [0.05, 0.1) is 5.69 Å². The van der Waals surface area contributed by atoms with Gasteiger partial charge >= 0.3 is 0 Å². The van der Waals surface area contributed by atoms with Crippen LogP contribution in [-0.4, -0.2) is 21.4 Å². The summed E-state index contributed by atoms with van der Waals surface area (Å²) in [7, 11) is -2.86. The minimum atomic E-state index is -4.22. The summed E-state index contributed by atoms with van der Waals surface area (Å²) in [4.78, 5) is 12.7. The van der Waals surface area contributed by atoms with Gasteiger partial charge in [0.2, 0.25) is 0 Å². The molecular weight excluding hydrogens is 410 g/mol. The van der Waals surface area contributed by atoms with E-state index in [1.165, 1.54) is 7.05 Å². The average Bonchev–Trinajstić information content (AvgIpc) is 2.73. The Hall–Kier alpha value is -3.52. The Balaban J connectivity index is 1.95. The molecule has 1 N–H and O–H groups in total. The molecule has 3 aromatic rings. The SMILES string of the molecule is CN1c2ccccc2C(c2ccccc2)=C(C(=O)Nc2ccc(F)c(F)c2)S1(=O)=O. The number of carbonyl (C=O) groups excluding carboxylic acids is 1. The topological polar surface area (TPSA) is 66.5 Å². The highest BCUT2D eigenvalue weighted by Crippen LogP contribution is 2.42. The number of anilines is 2. The third-order valence-electron chi connectivity index (χ3n) is 4.80. The first-order chi connectivity index (χ1) is 14.3. The lowest BCUT2D eigenvalue weighted by Crippen LogP contribution is -2.37. The van der Waals surface area contributed by atoms with E-state index in [0.29, 0.717) is 16.8 Å². The number of sulfonamides is 1. The third kappa shape index (κ3) is 3.25. The van der Waals surface area contributed by atoms with Crippen molar-refractivity contribution in [3.63, 3.8) is 0 Å². The molecule has 0 unspecified atom stereocenters. The molecule has 1 amide bonds. The van der Waals surface area contributed by atoms with Gasteiger partial charge in [-0.3, -0.25) is 9.10 Å². The second kappa shape index (κ2) is 7.38. The summed E-state index contributed by atoms with van der Waals surface area (Å²) < 4.78 is 54.4. The Morgan fingerprint density at radius 3 is 2.27 bits per heavy atom. The molecule has 0 aliphatic carbocycles. The Morgan fingerprint density at radius 1 is 0.900 bits per heavy atom. The molecule has 30 heavy (non-hydrogen) atoms. The molecule has 0 fully saturated rings. The highest BCUT2D eigenvalue weighted by atomic mass is 32.2.